The molecule has 1 atom stereocenters. The van der Waals surface area contributed by atoms with Crippen LogP contribution in [0.4, 0.5) is 0 Å². The first-order valence-corrected chi connectivity index (χ1v) is 8.45. The van der Waals surface area contributed by atoms with Crippen molar-refractivity contribution in [2.24, 2.45) is 0 Å². The third-order valence-corrected chi connectivity index (χ3v) is 4.42. The van der Waals surface area contributed by atoms with Gasteiger partial charge in [0, 0.05) is 32.2 Å². The molecule has 1 aliphatic heterocycles. The van der Waals surface area contributed by atoms with Gasteiger partial charge < -0.3 is 10.1 Å². The molecule has 0 spiro atoms. The zero-order chi connectivity index (χ0) is 15.9. The van der Waals surface area contributed by atoms with Crippen molar-refractivity contribution in [3.63, 3.8) is 0 Å². The Balaban J connectivity index is 1.65. The van der Waals surface area contributed by atoms with Crippen LogP contribution >= 0.6 is 0 Å². The summed E-state index contributed by atoms with van der Waals surface area (Å²) in [6.07, 6.45) is 0. The molecule has 2 aromatic rings. The van der Waals surface area contributed by atoms with Crippen LogP contribution in [-0.4, -0.2) is 37.7 Å². The smallest absolute Gasteiger partial charge is 0.0594 e. The lowest BCUT2D eigenvalue weighted by Gasteiger charge is -2.31. The Morgan fingerprint density at radius 3 is 2.39 bits per heavy atom. The number of hydrogen-bond donors (Lipinski definition) is 1. The van der Waals surface area contributed by atoms with E-state index in [4.69, 9.17) is 4.74 Å². The average Bonchev–Trinajstić information content (AvgIpc) is 2.61. The molecule has 2 aromatic carbocycles. The van der Waals surface area contributed by atoms with E-state index < -0.39 is 0 Å². The molecular weight excluding hydrogens is 284 g/mol. The van der Waals surface area contributed by atoms with Gasteiger partial charge in [-0.2, -0.15) is 0 Å². The molecule has 1 fully saturated rings. The van der Waals surface area contributed by atoms with Gasteiger partial charge in [-0.1, -0.05) is 60.2 Å². The maximum atomic E-state index is 5.47. The summed E-state index contributed by atoms with van der Waals surface area (Å²) in [4.78, 5) is 2.49. The minimum Gasteiger partial charge on any atom is -0.379 e. The molecule has 0 aromatic heterocycles. The van der Waals surface area contributed by atoms with Gasteiger partial charge in [0.05, 0.1) is 13.2 Å². The first-order chi connectivity index (χ1) is 11.3. The third-order valence-electron chi connectivity index (χ3n) is 4.42. The molecule has 0 aliphatic carbocycles. The summed E-state index contributed by atoms with van der Waals surface area (Å²) in [7, 11) is 0. The van der Waals surface area contributed by atoms with Crippen molar-refractivity contribution in [3.05, 3.63) is 71.3 Å². The number of morpholine rings is 1. The van der Waals surface area contributed by atoms with Crippen molar-refractivity contribution in [1.82, 2.24) is 10.2 Å². The summed E-state index contributed by atoms with van der Waals surface area (Å²) in [5.41, 5.74) is 3.99. The van der Waals surface area contributed by atoms with Crippen molar-refractivity contribution in [2.75, 3.05) is 32.8 Å². The molecule has 1 N–H and O–H groups in total. The summed E-state index contributed by atoms with van der Waals surface area (Å²) in [6.45, 7) is 7.79. The minimum atomic E-state index is 0.343. The molecule has 3 nitrogen and oxygen atoms in total. The van der Waals surface area contributed by atoms with Crippen LogP contribution in [0.25, 0.3) is 0 Å². The summed E-state index contributed by atoms with van der Waals surface area (Å²) in [5, 5.41) is 3.74. The van der Waals surface area contributed by atoms with Gasteiger partial charge in [-0.15, -0.1) is 0 Å². The third kappa shape index (κ3) is 4.90. The average molecular weight is 310 g/mol. The number of benzene rings is 2. The van der Waals surface area contributed by atoms with E-state index in [9.17, 15) is 0 Å². The number of ether oxygens (including phenoxy) is 1. The van der Waals surface area contributed by atoms with Crippen molar-refractivity contribution in [3.8, 4) is 0 Å². The van der Waals surface area contributed by atoms with Crippen LogP contribution in [0.5, 0.6) is 0 Å². The van der Waals surface area contributed by atoms with E-state index in [-0.39, 0.29) is 0 Å². The van der Waals surface area contributed by atoms with Gasteiger partial charge >= 0.3 is 0 Å². The fourth-order valence-electron chi connectivity index (χ4n) is 2.96. The summed E-state index contributed by atoms with van der Waals surface area (Å²) in [6, 6.07) is 19.9. The zero-order valence-corrected chi connectivity index (χ0v) is 13.9. The Hall–Kier alpha value is -1.68. The van der Waals surface area contributed by atoms with Gasteiger partial charge in [0.1, 0.15) is 0 Å². The predicted octanol–water partition coefficient (Wildman–Crippen LogP) is 3.16. The highest BCUT2D eigenvalue weighted by molar-refractivity contribution is 5.23. The SMILES string of the molecule is Cc1ccc(CNC(CN2CCOCC2)c2ccccc2)cc1. The van der Waals surface area contributed by atoms with Crippen LogP contribution in [0.3, 0.4) is 0 Å². The molecule has 0 amide bonds. The normalized spacial score (nSPS) is 17.1. The van der Waals surface area contributed by atoms with Gasteiger partial charge in [0.25, 0.3) is 0 Å². The Labute approximate surface area is 139 Å². The van der Waals surface area contributed by atoms with Crippen LogP contribution in [0.2, 0.25) is 0 Å². The van der Waals surface area contributed by atoms with Crippen molar-refractivity contribution >= 4 is 0 Å². The van der Waals surface area contributed by atoms with Crippen molar-refractivity contribution in [2.45, 2.75) is 19.5 Å². The molecule has 23 heavy (non-hydrogen) atoms. The number of aryl methyl sites for hydroxylation is 1. The van der Waals surface area contributed by atoms with Crippen LogP contribution < -0.4 is 5.32 Å². The van der Waals surface area contributed by atoms with Crippen molar-refractivity contribution in [1.29, 1.82) is 0 Å². The van der Waals surface area contributed by atoms with E-state index in [2.05, 4.69) is 71.7 Å². The molecule has 0 saturated carbocycles. The Morgan fingerprint density at radius 2 is 1.70 bits per heavy atom. The second-order valence-electron chi connectivity index (χ2n) is 6.24. The van der Waals surface area contributed by atoms with Crippen LogP contribution in [0.1, 0.15) is 22.7 Å². The maximum Gasteiger partial charge on any atom is 0.0594 e. The Bertz CT molecular complexity index is 576. The van der Waals surface area contributed by atoms with E-state index in [1.165, 1.54) is 16.7 Å². The number of hydrogen-bond acceptors (Lipinski definition) is 3. The summed E-state index contributed by atoms with van der Waals surface area (Å²) >= 11 is 0. The van der Waals surface area contributed by atoms with Crippen LogP contribution in [0, 0.1) is 6.92 Å². The van der Waals surface area contributed by atoms with Gasteiger partial charge in [-0.25, -0.2) is 0 Å². The molecule has 1 saturated heterocycles. The predicted molar refractivity (Wildman–Crippen MR) is 94.5 cm³/mol. The molecule has 1 aliphatic rings. The molecule has 0 radical (unpaired) electrons. The molecule has 3 rings (SSSR count). The topological polar surface area (TPSA) is 24.5 Å². The second-order valence-corrected chi connectivity index (χ2v) is 6.24. The monoisotopic (exact) mass is 310 g/mol. The van der Waals surface area contributed by atoms with E-state index in [1.54, 1.807) is 0 Å². The number of rotatable bonds is 6. The lowest BCUT2D eigenvalue weighted by Crippen LogP contribution is -2.41. The Morgan fingerprint density at radius 1 is 1.00 bits per heavy atom. The minimum absolute atomic E-state index is 0.343. The van der Waals surface area contributed by atoms with Gasteiger partial charge in [0.15, 0.2) is 0 Å². The molecule has 122 valence electrons. The first kappa shape index (κ1) is 16.2. The van der Waals surface area contributed by atoms with Crippen molar-refractivity contribution < 1.29 is 4.74 Å². The summed E-state index contributed by atoms with van der Waals surface area (Å²) < 4.78 is 5.47. The fourth-order valence-corrected chi connectivity index (χ4v) is 2.96. The van der Waals surface area contributed by atoms with Gasteiger partial charge in [-0.3, -0.25) is 4.90 Å². The zero-order valence-electron chi connectivity index (χ0n) is 13.9. The fraction of sp³-hybridized carbons (Fsp3) is 0.400. The maximum absolute atomic E-state index is 5.47. The van der Waals surface area contributed by atoms with Crippen LogP contribution in [-0.2, 0) is 11.3 Å². The first-order valence-electron chi connectivity index (χ1n) is 8.45. The van der Waals surface area contributed by atoms with E-state index in [1.807, 2.05) is 0 Å². The molecule has 0 bridgehead atoms. The molecule has 1 heterocycles. The summed E-state index contributed by atoms with van der Waals surface area (Å²) in [5.74, 6) is 0. The highest BCUT2D eigenvalue weighted by Crippen LogP contribution is 2.16. The highest BCUT2D eigenvalue weighted by Gasteiger charge is 2.17. The lowest BCUT2D eigenvalue weighted by molar-refractivity contribution is 0.0333. The molecular formula is C20H26N2O. The molecule has 1 unspecified atom stereocenters. The van der Waals surface area contributed by atoms with E-state index in [0.717, 1.165) is 39.4 Å². The highest BCUT2D eigenvalue weighted by atomic mass is 16.5. The quantitative estimate of drug-likeness (QED) is 0.887. The standard InChI is InChI=1S/C20H26N2O/c1-17-7-9-18(10-8-17)15-21-20(19-5-3-2-4-6-19)16-22-11-13-23-14-12-22/h2-10,20-21H,11-16H2,1H3. The number of nitrogens with zero attached hydrogens (tertiary/aromatic N) is 1. The van der Waals surface area contributed by atoms with E-state index in [0.29, 0.717) is 6.04 Å². The Kier molecular flexibility index (Phi) is 5.81. The lowest BCUT2D eigenvalue weighted by atomic mass is 10.1. The van der Waals surface area contributed by atoms with E-state index >= 15 is 0 Å². The molecule has 3 heteroatoms. The second kappa shape index (κ2) is 8.25. The van der Waals surface area contributed by atoms with Crippen LogP contribution in [0.15, 0.2) is 54.6 Å². The van der Waals surface area contributed by atoms with Gasteiger partial charge in [0.2, 0.25) is 0 Å². The largest absolute Gasteiger partial charge is 0.379 e. The van der Waals surface area contributed by atoms with Gasteiger partial charge in [-0.05, 0) is 18.1 Å². The number of nitrogens with one attached hydrogen (secondary N) is 1.